The van der Waals surface area contributed by atoms with E-state index in [1.807, 2.05) is 6.07 Å². The fraction of sp³-hybridized carbons (Fsp3) is 0.400. The van der Waals surface area contributed by atoms with Gasteiger partial charge in [0.05, 0.1) is 10.0 Å². The van der Waals surface area contributed by atoms with Crippen LogP contribution < -0.4 is 5.73 Å². The molecule has 5 heteroatoms. The topological polar surface area (TPSA) is 46.2 Å². The van der Waals surface area contributed by atoms with Crippen molar-refractivity contribution in [2.24, 2.45) is 5.73 Å². The fourth-order valence-electron chi connectivity index (χ4n) is 1.22. The minimum atomic E-state index is -0.0862. The van der Waals surface area contributed by atoms with E-state index in [1.165, 1.54) is 0 Å². The second kappa shape index (κ2) is 7.31. The molecule has 0 aliphatic heterocycles. The van der Waals surface area contributed by atoms with E-state index in [-0.39, 0.29) is 25.1 Å². The summed E-state index contributed by atoms with van der Waals surface area (Å²) in [4.78, 5) is 0. The van der Waals surface area contributed by atoms with Crippen molar-refractivity contribution in [1.29, 1.82) is 0 Å². The molecule has 0 aliphatic carbocycles. The summed E-state index contributed by atoms with van der Waals surface area (Å²) in [7, 11) is 0. The van der Waals surface area contributed by atoms with Crippen molar-refractivity contribution < 1.29 is 5.11 Å². The minimum absolute atomic E-state index is 0. The van der Waals surface area contributed by atoms with Gasteiger partial charge in [0.2, 0.25) is 0 Å². The molecule has 0 saturated heterocycles. The molecule has 0 aliphatic rings. The van der Waals surface area contributed by atoms with E-state index in [1.54, 1.807) is 12.1 Å². The summed E-state index contributed by atoms with van der Waals surface area (Å²) in [6.45, 7) is 0.162. The summed E-state index contributed by atoms with van der Waals surface area (Å²) in [6.07, 6.45) is 1.44. The highest BCUT2D eigenvalue weighted by Crippen LogP contribution is 2.26. The SMILES string of the molecule is Cl.N[C@H](CCCO)c1ccc(Cl)c(Cl)c1. The monoisotopic (exact) mass is 269 g/mol. The van der Waals surface area contributed by atoms with Gasteiger partial charge in [-0.1, -0.05) is 29.3 Å². The van der Waals surface area contributed by atoms with Crippen molar-refractivity contribution in [2.45, 2.75) is 18.9 Å². The fourth-order valence-corrected chi connectivity index (χ4v) is 1.53. The molecule has 0 amide bonds. The van der Waals surface area contributed by atoms with Crippen LogP contribution in [0.5, 0.6) is 0 Å². The predicted molar refractivity (Wildman–Crippen MR) is 67.0 cm³/mol. The van der Waals surface area contributed by atoms with Gasteiger partial charge < -0.3 is 10.8 Å². The highest BCUT2D eigenvalue weighted by atomic mass is 35.5. The zero-order valence-corrected chi connectivity index (χ0v) is 10.4. The Morgan fingerprint density at radius 1 is 1.27 bits per heavy atom. The van der Waals surface area contributed by atoms with Crippen molar-refractivity contribution in [2.75, 3.05) is 6.61 Å². The lowest BCUT2D eigenvalue weighted by Gasteiger charge is -2.11. The van der Waals surface area contributed by atoms with Gasteiger partial charge >= 0.3 is 0 Å². The van der Waals surface area contributed by atoms with Gasteiger partial charge in [0, 0.05) is 12.6 Å². The molecule has 0 aromatic heterocycles. The molecular formula is C10H14Cl3NO. The van der Waals surface area contributed by atoms with Crippen LogP contribution in [-0.2, 0) is 0 Å². The lowest BCUT2D eigenvalue weighted by Crippen LogP contribution is -2.10. The number of benzene rings is 1. The molecule has 3 N–H and O–H groups in total. The lowest BCUT2D eigenvalue weighted by atomic mass is 10.0. The summed E-state index contributed by atoms with van der Waals surface area (Å²) in [5.41, 5.74) is 6.84. The maximum atomic E-state index is 8.66. The maximum absolute atomic E-state index is 8.66. The van der Waals surface area contributed by atoms with Crippen LogP contribution in [0.4, 0.5) is 0 Å². The molecule has 15 heavy (non-hydrogen) atoms. The third kappa shape index (κ3) is 4.58. The second-order valence-electron chi connectivity index (χ2n) is 3.15. The largest absolute Gasteiger partial charge is 0.396 e. The first-order valence-corrected chi connectivity index (χ1v) is 5.22. The first kappa shape index (κ1) is 15.0. The maximum Gasteiger partial charge on any atom is 0.0595 e. The number of rotatable bonds is 4. The Bertz CT molecular complexity index is 307. The van der Waals surface area contributed by atoms with Gasteiger partial charge in [-0.3, -0.25) is 0 Å². The molecule has 0 radical (unpaired) electrons. The Hall–Kier alpha value is 0.01000. The summed E-state index contributed by atoms with van der Waals surface area (Å²) in [6, 6.07) is 5.28. The van der Waals surface area contributed by atoms with Gasteiger partial charge in [0.15, 0.2) is 0 Å². The van der Waals surface area contributed by atoms with Gasteiger partial charge in [-0.25, -0.2) is 0 Å². The molecule has 0 fully saturated rings. The molecule has 1 aromatic carbocycles. The molecule has 0 unspecified atom stereocenters. The number of aliphatic hydroxyl groups is 1. The summed E-state index contributed by atoms with van der Waals surface area (Å²) in [5.74, 6) is 0. The average molecular weight is 271 g/mol. The smallest absolute Gasteiger partial charge is 0.0595 e. The summed E-state index contributed by atoms with van der Waals surface area (Å²) >= 11 is 11.6. The van der Waals surface area contributed by atoms with Gasteiger partial charge in [-0.05, 0) is 30.5 Å². The Labute approximate surface area is 106 Å². The Morgan fingerprint density at radius 2 is 1.93 bits per heavy atom. The van der Waals surface area contributed by atoms with Gasteiger partial charge in [-0.2, -0.15) is 0 Å². The van der Waals surface area contributed by atoms with Crippen molar-refractivity contribution in [1.82, 2.24) is 0 Å². The predicted octanol–water partition coefficient (Wildman–Crippen LogP) is 3.19. The number of hydrogen-bond acceptors (Lipinski definition) is 2. The summed E-state index contributed by atoms with van der Waals surface area (Å²) < 4.78 is 0. The number of nitrogens with two attached hydrogens (primary N) is 1. The lowest BCUT2D eigenvalue weighted by molar-refractivity contribution is 0.280. The third-order valence-electron chi connectivity index (χ3n) is 2.05. The number of aliphatic hydroxyl groups excluding tert-OH is 1. The number of hydrogen-bond donors (Lipinski definition) is 2. The zero-order chi connectivity index (χ0) is 10.6. The molecule has 0 bridgehead atoms. The van der Waals surface area contributed by atoms with Crippen LogP contribution in [0.2, 0.25) is 10.0 Å². The van der Waals surface area contributed by atoms with Crippen LogP contribution in [-0.4, -0.2) is 11.7 Å². The van der Waals surface area contributed by atoms with E-state index < -0.39 is 0 Å². The first-order valence-electron chi connectivity index (χ1n) is 4.46. The highest BCUT2D eigenvalue weighted by Gasteiger charge is 2.07. The van der Waals surface area contributed by atoms with E-state index in [4.69, 9.17) is 34.0 Å². The van der Waals surface area contributed by atoms with Gasteiger partial charge in [0.1, 0.15) is 0 Å². The van der Waals surface area contributed by atoms with Crippen LogP contribution in [0.3, 0.4) is 0 Å². The van der Waals surface area contributed by atoms with Crippen molar-refractivity contribution in [3.05, 3.63) is 33.8 Å². The molecule has 86 valence electrons. The van der Waals surface area contributed by atoms with E-state index >= 15 is 0 Å². The Morgan fingerprint density at radius 3 is 2.47 bits per heavy atom. The van der Waals surface area contributed by atoms with Crippen LogP contribution in [0, 0.1) is 0 Å². The van der Waals surface area contributed by atoms with Crippen LogP contribution >= 0.6 is 35.6 Å². The molecule has 2 nitrogen and oxygen atoms in total. The molecule has 0 spiro atoms. The molecule has 1 rings (SSSR count). The molecule has 0 saturated carbocycles. The van der Waals surface area contributed by atoms with Crippen LogP contribution in [0.1, 0.15) is 24.4 Å². The highest BCUT2D eigenvalue weighted by molar-refractivity contribution is 6.42. The van der Waals surface area contributed by atoms with Crippen LogP contribution in [0.15, 0.2) is 18.2 Å². The standard InChI is InChI=1S/C10H13Cl2NO.ClH/c11-8-4-3-7(6-9(8)12)10(13)2-1-5-14;/h3-4,6,10,14H,1-2,5,13H2;1H/t10-;/m1./s1. The zero-order valence-electron chi connectivity index (χ0n) is 8.12. The van der Waals surface area contributed by atoms with E-state index in [2.05, 4.69) is 0 Å². The van der Waals surface area contributed by atoms with Gasteiger partial charge in [0.25, 0.3) is 0 Å². The first-order chi connectivity index (χ1) is 6.65. The number of halogens is 3. The van der Waals surface area contributed by atoms with Crippen molar-refractivity contribution >= 4 is 35.6 Å². The van der Waals surface area contributed by atoms with E-state index in [0.717, 1.165) is 12.0 Å². The van der Waals surface area contributed by atoms with E-state index in [0.29, 0.717) is 16.5 Å². The average Bonchev–Trinajstić information content (AvgIpc) is 2.18. The van der Waals surface area contributed by atoms with Crippen molar-refractivity contribution in [3.8, 4) is 0 Å². The Kier molecular flexibility index (Phi) is 7.32. The molecule has 1 atom stereocenters. The molecule has 0 heterocycles. The second-order valence-corrected chi connectivity index (χ2v) is 3.96. The Balaban J connectivity index is 0.00000196. The third-order valence-corrected chi connectivity index (χ3v) is 2.78. The van der Waals surface area contributed by atoms with E-state index in [9.17, 15) is 0 Å². The van der Waals surface area contributed by atoms with Gasteiger partial charge in [-0.15, -0.1) is 12.4 Å². The molecular weight excluding hydrogens is 256 g/mol. The minimum Gasteiger partial charge on any atom is -0.396 e. The quantitative estimate of drug-likeness (QED) is 0.883. The normalized spacial score (nSPS) is 12.0. The van der Waals surface area contributed by atoms with Crippen molar-refractivity contribution in [3.63, 3.8) is 0 Å². The summed E-state index contributed by atoms with van der Waals surface area (Å²) in [5, 5.41) is 9.71. The molecule has 1 aromatic rings. The van der Waals surface area contributed by atoms with Crippen LogP contribution in [0.25, 0.3) is 0 Å².